The quantitative estimate of drug-likeness (QED) is 0.668. The van der Waals surface area contributed by atoms with Gasteiger partial charge in [-0.25, -0.2) is 4.79 Å². The second-order valence-electron chi connectivity index (χ2n) is 7.77. The molecule has 4 rings (SSSR count). The van der Waals surface area contributed by atoms with Crippen LogP contribution in [0.4, 0.5) is 16.2 Å². The van der Waals surface area contributed by atoms with Gasteiger partial charge in [-0.2, -0.15) is 0 Å². The largest absolute Gasteiger partial charge is 0.321 e. The maximum Gasteiger partial charge on any atom is 0.321 e. The Morgan fingerprint density at radius 2 is 1.77 bits per heavy atom. The summed E-state index contributed by atoms with van der Waals surface area (Å²) in [6.45, 7) is 0. The first-order valence-electron chi connectivity index (χ1n) is 10.3. The van der Waals surface area contributed by atoms with Crippen LogP contribution in [0.1, 0.15) is 37.7 Å². The lowest BCUT2D eigenvalue weighted by molar-refractivity contribution is -0.119. The Kier molecular flexibility index (Phi) is 6.18. The van der Waals surface area contributed by atoms with E-state index in [0.29, 0.717) is 11.6 Å². The fourth-order valence-electron chi connectivity index (χ4n) is 4.17. The third kappa shape index (κ3) is 4.41. The van der Waals surface area contributed by atoms with Crippen molar-refractivity contribution in [3.8, 4) is 0 Å². The number of nitrogens with zero attached hydrogens (tertiary/aromatic N) is 2. The van der Waals surface area contributed by atoms with Crippen molar-refractivity contribution in [1.82, 2.24) is 5.32 Å². The van der Waals surface area contributed by atoms with Crippen LogP contribution in [-0.4, -0.2) is 30.9 Å². The van der Waals surface area contributed by atoms with Gasteiger partial charge in [-0.05, 0) is 43.2 Å². The van der Waals surface area contributed by atoms with Crippen molar-refractivity contribution in [2.45, 2.75) is 38.3 Å². The van der Waals surface area contributed by atoms with Crippen LogP contribution < -0.4 is 15.5 Å². The number of aliphatic imine (C=N–C) groups is 1. The number of amides is 3. The fraction of sp³-hybridized carbons (Fsp3) is 0.348. The molecule has 1 saturated carbocycles. The van der Waals surface area contributed by atoms with Crippen LogP contribution in [0.2, 0.25) is 0 Å². The minimum Gasteiger partial charge on any atom is -0.311 e. The van der Waals surface area contributed by atoms with Crippen molar-refractivity contribution in [2.75, 3.05) is 17.3 Å². The zero-order valence-corrected chi connectivity index (χ0v) is 18.5. The number of hydrogen-bond donors (Lipinski definition) is 2. The van der Waals surface area contributed by atoms with Gasteiger partial charge < -0.3 is 15.5 Å². The number of nitrogens with one attached hydrogen (secondary N) is 2. The van der Waals surface area contributed by atoms with Crippen LogP contribution in [-0.2, 0) is 4.79 Å². The van der Waals surface area contributed by atoms with Crippen molar-refractivity contribution in [3.63, 3.8) is 0 Å². The zero-order valence-electron chi connectivity index (χ0n) is 16.9. The molecule has 1 unspecified atom stereocenters. The van der Waals surface area contributed by atoms with E-state index >= 15 is 0 Å². The average Bonchev–Trinajstić information content (AvgIpc) is 2.87. The minimum absolute atomic E-state index is 0.251. The summed E-state index contributed by atoms with van der Waals surface area (Å²) in [5.74, 6) is 0.0530. The number of hydrogen-bond acceptors (Lipinski definition) is 3. The second kappa shape index (κ2) is 9.00. The smallest absolute Gasteiger partial charge is 0.311 e. The molecule has 0 bridgehead atoms. The molecule has 30 heavy (non-hydrogen) atoms. The molecule has 7 heteroatoms. The summed E-state index contributed by atoms with van der Waals surface area (Å²) in [7, 11) is 1.74. The van der Waals surface area contributed by atoms with E-state index in [1.54, 1.807) is 24.1 Å². The number of benzodiazepines with no additional fused rings is 1. The number of anilines is 2. The Labute approximate surface area is 184 Å². The molecule has 2 aromatic carbocycles. The Bertz CT molecular complexity index is 967. The molecule has 1 heterocycles. The van der Waals surface area contributed by atoms with Crippen LogP contribution in [0.15, 0.2) is 58.0 Å². The van der Waals surface area contributed by atoms with E-state index in [1.807, 2.05) is 36.4 Å². The van der Waals surface area contributed by atoms with Gasteiger partial charge >= 0.3 is 6.03 Å². The minimum atomic E-state index is -0.963. The molecule has 1 atom stereocenters. The highest BCUT2D eigenvalue weighted by molar-refractivity contribution is 9.10. The number of fused-ring (bicyclic) bond motifs is 1. The third-order valence-corrected chi connectivity index (χ3v) is 6.26. The van der Waals surface area contributed by atoms with E-state index in [-0.39, 0.29) is 5.91 Å². The van der Waals surface area contributed by atoms with Gasteiger partial charge in [0.05, 0.1) is 11.4 Å². The topological polar surface area (TPSA) is 73.8 Å². The predicted octanol–water partition coefficient (Wildman–Crippen LogP) is 4.94. The molecule has 0 aromatic heterocycles. The predicted molar refractivity (Wildman–Crippen MR) is 123 cm³/mol. The van der Waals surface area contributed by atoms with Crippen LogP contribution in [0.25, 0.3) is 0 Å². The highest BCUT2D eigenvalue weighted by Gasteiger charge is 2.33. The van der Waals surface area contributed by atoms with Gasteiger partial charge in [0.25, 0.3) is 5.91 Å². The highest BCUT2D eigenvalue weighted by atomic mass is 79.9. The zero-order chi connectivity index (χ0) is 21.1. The van der Waals surface area contributed by atoms with Crippen molar-refractivity contribution in [2.24, 2.45) is 10.9 Å². The van der Waals surface area contributed by atoms with Gasteiger partial charge in [-0.1, -0.05) is 53.4 Å². The summed E-state index contributed by atoms with van der Waals surface area (Å²) in [6.07, 6.45) is 4.72. The van der Waals surface area contributed by atoms with Crippen molar-refractivity contribution in [1.29, 1.82) is 0 Å². The molecule has 0 saturated heterocycles. The first-order valence-corrected chi connectivity index (χ1v) is 11.1. The number of rotatable bonds is 3. The Hall–Kier alpha value is -2.67. The van der Waals surface area contributed by atoms with Gasteiger partial charge in [-0.15, -0.1) is 0 Å². The second-order valence-corrected chi connectivity index (χ2v) is 8.69. The lowest BCUT2D eigenvalue weighted by Crippen LogP contribution is -2.47. The van der Waals surface area contributed by atoms with E-state index < -0.39 is 12.2 Å². The molecule has 3 amide bonds. The molecule has 0 spiro atoms. The molecular weight excluding hydrogens is 444 g/mol. The molecule has 156 valence electrons. The Morgan fingerprint density at radius 3 is 2.50 bits per heavy atom. The van der Waals surface area contributed by atoms with E-state index in [9.17, 15) is 9.59 Å². The highest BCUT2D eigenvalue weighted by Crippen LogP contribution is 2.33. The number of carbonyl (C=O) groups excluding carboxylic acids is 2. The Morgan fingerprint density at radius 1 is 1.07 bits per heavy atom. The normalized spacial score (nSPS) is 19.5. The lowest BCUT2D eigenvalue weighted by atomic mass is 9.83. The van der Waals surface area contributed by atoms with Gasteiger partial charge in [0.1, 0.15) is 0 Å². The van der Waals surface area contributed by atoms with E-state index in [0.717, 1.165) is 47.1 Å². The molecule has 2 N–H and O–H groups in total. The Balaban J connectivity index is 1.62. The van der Waals surface area contributed by atoms with Gasteiger partial charge in [-0.3, -0.25) is 9.79 Å². The van der Waals surface area contributed by atoms with Crippen molar-refractivity contribution >= 4 is 45.0 Å². The number of halogens is 1. The summed E-state index contributed by atoms with van der Waals surface area (Å²) in [4.78, 5) is 32.2. The number of para-hydroxylation sites is 1. The standard InChI is InChI=1S/C23H25BrN4O2/c1-28-19-10-6-5-9-18(19)20(15-7-3-2-4-8-15)26-21(22(28)29)27-23(30)25-17-13-11-16(24)12-14-17/h5-6,9-15,21H,2-4,7-8H2,1H3,(H2,25,27,30). The van der Waals surface area contributed by atoms with Crippen LogP contribution in [0.3, 0.4) is 0 Å². The van der Waals surface area contributed by atoms with E-state index in [2.05, 4.69) is 26.6 Å². The summed E-state index contributed by atoms with van der Waals surface area (Å²) < 4.78 is 0.925. The number of likely N-dealkylation sites (N-methyl/N-ethyl adjacent to an activating group) is 1. The van der Waals surface area contributed by atoms with Crippen molar-refractivity contribution < 1.29 is 9.59 Å². The molecule has 2 aliphatic rings. The molecule has 0 radical (unpaired) electrons. The molecular formula is C23H25BrN4O2. The summed E-state index contributed by atoms with van der Waals surface area (Å²) in [6, 6.07) is 14.7. The third-order valence-electron chi connectivity index (χ3n) is 5.74. The first kappa shape index (κ1) is 20.6. The monoisotopic (exact) mass is 468 g/mol. The maximum atomic E-state index is 13.1. The molecule has 1 fully saturated rings. The number of urea groups is 1. The van der Waals surface area contributed by atoms with Gasteiger partial charge in [0, 0.05) is 28.7 Å². The fourth-order valence-corrected chi connectivity index (χ4v) is 4.43. The van der Waals surface area contributed by atoms with Crippen molar-refractivity contribution in [3.05, 3.63) is 58.6 Å². The lowest BCUT2D eigenvalue weighted by Gasteiger charge is -2.25. The van der Waals surface area contributed by atoms with Gasteiger partial charge in [0.2, 0.25) is 6.17 Å². The summed E-state index contributed by atoms with van der Waals surface area (Å²) in [5.41, 5.74) is 3.39. The maximum absolute atomic E-state index is 13.1. The molecule has 2 aromatic rings. The SMILES string of the molecule is CN1C(=O)C(NC(=O)Nc2ccc(Br)cc2)N=C(C2CCCCC2)c2ccccc21. The first-order chi connectivity index (χ1) is 14.5. The van der Waals surface area contributed by atoms with Crippen LogP contribution in [0.5, 0.6) is 0 Å². The summed E-state index contributed by atoms with van der Waals surface area (Å²) >= 11 is 3.38. The molecule has 6 nitrogen and oxygen atoms in total. The van der Waals surface area contributed by atoms with Gasteiger partial charge in [0.15, 0.2) is 0 Å². The van der Waals surface area contributed by atoms with E-state index in [1.165, 1.54) is 6.42 Å². The number of carbonyl (C=O) groups is 2. The van der Waals surface area contributed by atoms with Crippen LogP contribution >= 0.6 is 15.9 Å². The average molecular weight is 469 g/mol. The molecule has 1 aliphatic heterocycles. The van der Waals surface area contributed by atoms with Crippen LogP contribution in [0, 0.1) is 5.92 Å². The molecule has 1 aliphatic carbocycles. The summed E-state index contributed by atoms with van der Waals surface area (Å²) in [5, 5.41) is 5.54. The number of benzene rings is 2. The van der Waals surface area contributed by atoms with E-state index in [4.69, 9.17) is 4.99 Å².